The predicted molar refractivity (Wildman–Crippen MR) is 148 cm³/mol. The van der Waals surface area contributed by atoms with E-state index in [2.05, 4.69) is 17.0 Å². The van der Waals surface area contributed by atoms with Crippen molar-refractivity contribution in [3.05, 3.63) is 109 Å². The highest BCUT2D eigenvalue weighted by molar-refractivity contribution is 5.80. The lowest BCUT2D eigenvalue weighted by molar-refractivity contribution is -0.160. The van der Waals surface area contributed by atoms with Crippen molar-refractivity contribution in [1.29, 1.82) is 0 Å². The summed E-state index contributed by atoms with van der Waals surface area (Å²) in [5, 5.41) is 0. The lowest BCUT2D eigenvalue weighted by Crippen LogP contribution is -2.45. The second-order valence-electron chi connectivity index (χ2n) is 9.22. The van der Waals surface area contributed by atoms with Gasteiger partial charge >= 0.3 is 5.97 Å². The Bertz CT molecular complexity index is 1330. The third kappa shape index (κ3) is 5.59. The molecule has 6 heteroatoms. The molecule has 4 aromatic rings. The van der Waals surface area contributed by atoms with Crippen LogP contribution in [-0.2, 0) is 16.0 Å². The third-order valence-electron chi connectivity index (χ3n) is 6.37. The number of fused-ring (bicyclic) bond motifs is 2. The van der Waals surface area contributed by atoms with Gasteiger partial charge in [-0.1, -0.05) is 54.6 Å². The van der Waals surface area contributed by atoms with Crippen LogP contribution in [0.25, 0.3) is 0 Å². The number of esters is 1. The highest BCUT2D eigenvalue weighted by Crippen LogP contribution is 2.45. The van der Waals surface area contributed by atoms with Crippen molar-refractivity contribution in [3.63, 3.8) is 0 Å². The van der Waals surface area contributed by atoms with Crippen molar-refractivity contribution in [2.24, 2.45) is 0 Å². The Morgan fingerprint density at radius 3 is 2.03 bits per heavy atom. The van der Waals surface area contributed by atoms with Gasteiger partial charge in [0.05, 0.1) is 24.5 Å². The number of hydrogen-bond acceptors (Lipinski definition) is 6. The van der Waals surface area contributed by atoms with Gasteiger partial charge in [0.1, 0.15) is 18.1 Å². The van der Waals surface area contributed by atoms with Gasteiger partial charge in [-0.25, -0.2) is 4.79 Å². The van der Waals surface area contributed by atoms with Crippen LogP contribution < -0.4 is 19.1 Å². The molecule has 0 saturated carbocycles. The first-order valence-corrected chi connectivity index (χ1v) is 12.8. The topological polar surface area (TPSA) is 57.2 Å². The number of rotatable bonds is 10. The Hall–Kier alpha value is -4.45. The zero-order valence-electron chi connectivity index (χ0n) is 21.6. The molecule has 0 aromatic heterocycles. The average molecular weight is 510 g/mol. The minimum Gasteiger partial charge on any atom is -0.492 e. The SMILES string of the molecule is CCOC(=O)C(C)(Cc1ccc(OCCN2c3ccccc3Oc3ccccc32)cc1)Oc1ccccc1. The number of benzene rings is 4. The minimum atomic E-state index is -1.16. The molecule has 6 nitrogen and oxygen atoms in total. The van der Waals surface area contributed by atoms with Crippen LogP contribution >= 0.6 is 0 Å². The summed E-state index contributed by atoms with van der Waals surface area (Å²) in [5.74, 6) is 2.64. The van der Waals surface area contributed by atoms with Crippen molar-refractivity contribution in [2.75, 3.05) is 24.7 Å². The van der Waals surface area contributed by atoms with E-state index in [9.17, 15) is 4.79 Å². The van der Waals surface area contributed by atoms with Gasteiger partial charge in [0.25, 0.3) is 0 Å². The smallest absolute Gasteiger partial charge is 0.350 e. The fourth-order valence-electron chi connectivity index (χ4n) is 4.55. The van der Waals surface area contributed by atoms with Gasteiger partial charge in [0.15, 0.2) is 11.5 Å². The summed E-state index contributed by atoms with van der Waals surface area (Å²) in [6.45, 7) is 4.99. The lowest BCUT2D eigenvalue weighted by Gasteiger charge is -2.32. The Morgan fingerprint density at radius 2 is 1.39 bits per heavy atom. The number of carbonyl (C=O) groups is 1. The minimum absolute atomic E-state index is 0.289. The van der Waals surface area contributed by atoms with Crippen LogP contribution in [0.1, 0.15) is 19.4 Å². The number of hydrogen-bond donors (Lipinski definition) is 0. The lowest BCUT2D eigenvalue weighted by atomic mass is 9.96. The van der Waals surface area contributed by atoms with E-state index in [1.165, 1.54) is 0 Å². The van der Waals surface area contributed by atoms with Crippen molar-refractivity contribution in [2.45, 2.75) is 25.9 Å². The maximum atomic E-state index is 12.8. The van der Waals surface area contributed by atoms with E-state index < -0.39 is 11.6 Å². The van der Waals surface area contributed by atoms with E-state index in [1.807, 2.05) is 91.0 Å². The van der Waals surface area contributed by atoms with E-state index in [0.29, 0.717) is 25.3 Å². The molecule has 1 atom stereocenters. The molecule has 0 fully saturated rings. The second kappa shape index (κ2) is 11.3. The quantitative estimate of drug-likeness (QED) is 0.216. The van der Waals surface area contributed by atoms with Gasteiger partial charge in [-0.15, -0.1) is 0 Å². The predicted octanol–water partition coefficient (Wildman–Crippen LogP) is 6.95. The molecule has 0 amide bonds. The molecular weight excluding hydrogens is 478 g/mol. The first-order valence-electron chi connectivity index (χ1n) is 12.8. The van der Waals surface area contributed by atoms with E-state index in [1.54, 1.807) is 13.8 Å². The van der Waals surface area contributed by atoms with Crippen LogP contribution in [0.2, 0.25) is 0 Å². The molecule has 4 aromatic carbocycles. The summed E-state index contributed by atoms with van der Waals surface area (Å²) in [7, 11) is 0. The Labute approximate surface area is 223 Å². The maximum Gasteiger partial charge on any atom is 0.350 e. The van der Waals surface area contributed by atoms with Crippen LogP contribution in [0, 0.1) is 0 Å². The fraction of sp³-hybridized carbons (Fsp3) is 0.219. The van der Waals surface area contributed by atoms with Crippen LogP contribution in [0.3, 0.4) is 0 Å². The molecule has 0 N–H and O–H groups in total. The zero-order chi connectivity index (χ0) is 26.4. The molecule has 0 spiro atoms. The molecule has 1 aliphatic rings. The Balaban J connectivity index is 1.24. The summed E-state index contributed by atoms with van der Waals surface area (Å²) >= 11 is 0. The number of para-hydroxylation sites is 5. The number of carbonyl (C=O) groups excluding carboxylic acids is 1. The van der Waals surface area contributed by atoms with Gasteiger partial charge in [-0.05, 0) is 67.9 Å². The summed E-state index contributed by atoms with van der Waals surface area (Å²) in [4.78, 5) is 15.0. The summed E-state index contributed by atoms with van der Waals surface area (Å²) in [5.41, 5.74) is 1.82. The molecule has 0 radical (unpaired) electrons. The second-order valence-corrected chi connectivity index (χ2v) is 9.22. The largest absolute Gasteiger partial charge is 0.492 e. The van der Waals surface area contributed by atoms with Crippen LogP contribution in [0.4, 0.5) is 11.4 Å². The third-order valence-corrected chi connectivity index (χ3v) is 6.37. The summed E-state index contributed by atoms with van der Waals surface area (Å²) in [6, 6.07) is 33.1. The molecule has 0 aliphatic carbocycles. The summed E-state index contributed by atoms with van der Waals surface area (Å²) in [6.07, 6.45) is 0.363. The summed E-state index contributed by atoms with van der Waals surface area (Å²) < 4.78 is 23.6. The first-order chi connectivity index (χ1) is 18.6. The molecule has 38 heavy (non-hydrogen) atoms. The average Bonchev–Trinajstić information content (AvgIpc) is 2.94. The maximum absolute atomic E-state index is 12.8. The van der Waals surface area contributed by atoms with Crippen LogP contribution in [-0.4, -0.2) is 31.3 Å². The van der Waals surface area contributed by atoms with E-state index in [0.717, 1.165) is 34.2 Å². The van der Waals surface area contributed by atoms with Crippen molar-refractivity contribution in [3.8, 4) is 23.0 Å². The molecule has 1 heterocycles. The molecule has 1 aliphatic heterocycles. The molecule has 1 unspecified atom stereocenters. The van der Waals surface area contributed by atoms with E-state index in [4.69, 9.17) is 18.9 Å². The highest BCUT2D eigenvalue weighted by Gasteiger charge is 2.37. The molecule has 0 bridgehead atoms. The van der Waals surface area contributed by atoms with Crippen molar-refractivity contribution >= 4 is 17.3 Å². The van der Waals surface area contributed by atoms with Crippen molar-refractivity contribution in [1.82, 2.24) is 0 Å². The normalized spacial score (nSPS) is 13.4. The van der Waals surface area contributed by atoms with Crippen molar-refractivity contribution < 1.29 is 23.7 Å². The Kier molecular flexibility index (Phi) is 7.50. The van der Waals surface area contributed by atoms with Gasteiger partial charge < -0.3 is 23.8 Å². The molecular formula is C32H31NO5. The monoisotopic (exact) mass is 509 g/mol. The van der Waals surface area contributed by atoms with Gasteiger partial charge in [0.2, 0.25) is 5.60 Å². The molecule has 5 rings (SSSR count). The van der Waals surface area contributed by atoms with Crippen LogP contribution in [0.5, 0.6) is 23.0 Å². The molecule has 194 valence electrons. The fourth-order valence-corrected chi connectivity index (χ4v) is 4.55. The first kappa shape index (κ1) is 25.2. The van der Waals surface area contributed by atoms with Gasteiger partial charge in [-0.3, -0.25) is 0 Å². The van der Waals surface area contributed by atoms with Gasteiger partial charge in [-0.2, -0.15) is 0 Å². The number of anilines is 2. The Morgan fingerprint density at radius 1 is 0.789 bits per heavy atom. The van der Waals surface area contributed by atoms with Crippen LogP contribution in [0.15, 0.2) is 103 Å². The molecule has 0 saturated heterocycles. The number of ether oxygens (including phenoxy) is 4. The highest BCUT2D eigenvalue weighted by atomic mass is 16.6. The van der Waals surface area contributed by atoms with E-state index in [-0.39, 0.29) is 6.61 Å². The number of nitrogens with zero attached hydrogens (tertiary/aromatic N) is 1. The zero-order valence-corrected chi connectivity index (χ0v) is 21.6. The van der Waals surface area contributed by atoms with Gasteiger partial charge in [0, 0.05) is 6.42 Å². The van der Waals surface area contributed by atoms with E-state index >= 15 is 0 Å². The standard InChI is InChI=1S/C32H31NO5/c1-3-35-31(34)32(2,38-26-11-5-4-6-12-26)23-24-17-19-25(20-18-24)36-22-21-33-27-13-7-9-15-29(27)37-30-16-10-8-14-28(30)33/h4-20H,3,21-23H2,1-2H3.